The summed E-state index contributed by atoms with van der Waals surface area (Å²) in [7, 11) is 1.59. The summed E-state index contributed by atoms with van der Waals surface area (Å²) >= 11 is 0. The number of hydrogen-bond acceptors (Lipinski definition) is 3. The van der Waals surface area contributed by atoms with Crippen LogP contribution >= 0.6 is 0 Å². The summed E-state index contributed by atoms with van der Waals surface area (Å²) in [6.07, 6.45) is 3.38. The lowest BCUT2D eigenvalue weighted by Crippen LogP contribution is -2.30. The maximum Gasteiger partial charge on any atom is 0.277 e. The molecule has 0 fully saturated rings. The number of H-pyrrole nitrogens is 1. The third kappa shape index (κ3) is 2.91. The van der Waals surface area contributed by atoms with Crippen molar-refractivity contribution in [2.75, 3.05) is 7.11 Å². The van der Waals surface area contributed by atoms with Crippen molar-refractivity contribution in [1.29, 1.82) is 0 Å². The molecule has 0 spiro atoms. The Hall–Kier alpha value is -3.60. The Bertz CT molecular complexity index is 1140. The van der Waals surface area contributed by atoms with Crippen LogP contribution < -0.4 is 15.3 Å². The fourth-order valence-corrected chi connectivity index (χ4v) is 2.89. The predicted molar refractivity (Wildman–Crippen MR) is 99.1 cm³/mol. The standard InChI is InChI=1S/C21H16N2O3/c1-26-17-7-8-18-14(11-17)9-15(20(24)22-18)10-16-12-19(23-21(16)25)13-5-3-2-4-6-13/h2-12,23,25H,1H3/b15-10-. The molecule has 0 unspecified atom stereocenters. The summed E-state index contributed by atoms with van der Waals surface area (Å²) in [5.41, 5.74) is 2.66. The molecular weight excluding hydrogens is 328 g/mol. The Kier molecular flexibility index (Phi) is 3.89. The zero-order valence-corrected chi connectivity index (χ0v) is 14.1. The molecular formula is C21H16N2O3. The first-order chi connectivity index (χ1) is 12.6. The minimum absolute atomic E-state index is 0.00833. The first-order valence-electron chi connectivity index (χ1n) is 8.12. The molecule has 26 heavy (non-hydrogen) atoms. The topological polar surface area (TPSA) is 74.7 Å². The highest BCUT2D eigenvalue weighted by atomic mass is 16.5. The number of aromatic amines is 1. The van der Waals surface area contributed by atoms with Crippen LogP contribution in [0.3, 0.4) is 0 Å². The van der Waals surface area contributed by atoms with E-state index in [0.717, 1.165) is 16.5 Å². The number of ether oxygens (including phenoxy) is 1. The average Bonchev–Trinajstić information content (AvgIpc) is 3.03. The van der Waals surface area contributed by atoms with Crippen LogP contribution in [-0.4, -0.2) is 23.1 Å². The molecule has 2 N–H and O–H groups in total. The van der Waals surface area contributed by atoms with Crippen LogP contribution in [0.15, 0.2) is 65.2 Å². The lowest BCUT2D eigenvalue weighted by molar-refractivity contribution is -0.114. The molecule has 2 aromatic carbocycles. The fraction of sp³-hybridized carbons (Fsp3) is 0.0476. The van der Waals surface area contributed by atoms with Crippen molar-refractivity contribution in [3.8, 4) is 22.9 Å². The first-order valence-corrected chi connectivity index (χ1v) is 8.12. The molecule has 1 amide bonds. The second-order valence-electron chi connectivity index (χ2n) is 5.94. The molecule has 1 aliphatic heterocycles. The molecule has 5 heteroatoms. The van der Waals surface area contributed by atoms with Crippen molar-refractivity contribution in [3.05, 3.63) is 76.3 Å². The molecule has 0 aliphatic carbocycles. The zero-order valence-electron chi connectivity index (χ0n) is 14.1. The van der Waals surface area contributed by atoms with Gasteiger partial charge in [-0.1, -0.05) is 30.3 Å². The summed E-state index contributed by atoms with van der Waals surface area (Å²) < 4.78 is 5.22. The van der Waals surface area contributed by atoms with Gasteiger partial charge < -0.3 is 14.8 Å². The average molecular weight is 344 g/mol. The SMILES string of the molecule is COc1ccc2c(c1)=C/C(=C/c1cc(-c3ccccc3)[nH]c1O)C(=O)N=2. The summed E-state index contributed by atoms with van der Waals surface area (Å²) in [5, 5.41) is 11.6. The Labute approximate surface area is 149 Å². The van der Waals surface area contributed by atoms with E-state index in [4.69, 9.17) is 4.74 Å². The number of amides is 1. The summed E-state index contributed by atoms with van der Waals surface area (Å²) in [5.74, 6) is 0.360. The second kappa shape index (κ2) is 6.37. The van der Waals surface area contributed by atoms with Crippen LogP contribution in [-0.2, 0) is 4.79 Å². The van der Waals surface area contributed by atoms with E-state index in [1.165, 1.54) is 0 Å². The summed E-state index contributed by atoms with van der Waals surface area (Å²) in [6.45, 7) is 0. The Balaban J connectivity index is 1.78. The number of aromatic hydroxyl groups is 1. The van der Waals surface area contributed by atoms with Gasteiger partial charge >= 0.3 is 0 Å². The number of carbonyl (C=O) groups excluding carboxylic acids is 1. The van der Waals surface area contributed by atoms with E-state index in [-0.39, 0.29) is 11.8 Å². The summed E-state index contributed by atoms with van der Waals surface area (Å²) in [6, 6.07) is 16.8. The number of nitrogens with zero attached hydrogens (tertiary/aromatic N) is 1. The largest absolute Gasteiger partial charge is 0.497 e. The third-order valence-electron chi connectivity index (χ3n) is 4.24. The minimum Gasteiger partial charge on any atom is -0.497 e. The normalized spacial score (nSPS) is 14.5. The van der Waals surface area contributed by atoms with Gasteiger partial charge in [0.25, 0.3) is 5.91 Å². The molecule has 3 aromatic rings. The van der Waals surface area contributed by atoms with Crippen LogP contribution in [0.2, 0.25) is 0 Å². The third-order valence-corrected chi connectivity index (χ3v) is 4.24. The van der Waals surface area contributed by atoms with Gasteiger partial charge in [0, 0.05) is 22.0 Å². The Morgan fingerprint density at radius 1 is 1.12 bits per heavy atom. The molecule has 5 nitrogen and oxygen atoms in total. The van der Waals surface area contributed by atoms with Gasteiger partial charge in [0.15, 0.2) is 5.88 Å². The fourth-order valence-electron chi connectivity index (χ4n) is 2.89. The van der Waals surface area contributed by atoms with Gasteiger partial charge in [-0.15, -0.1) is 0 Å². The lowest BCUT2D eigenvalue weighted by Gasteiger charge is -2.05. The van der Waals surface area contributed by atoms with Crippen LogP contribution in [0.5, 0.6) is 11.6 Å². The van der Waals surface area contributed by atoms with Crippen molar-refractivity contribution in [1.82, 2.24) is 4.98 Å². The van der Waals surface area contributed by atoms with Crippen molar-refractivity contribution in [2.45, 2.75) is 0 Å². The molecule has 1 aliphatic rings. The molecule has 2 heterocycles. The monoisotopic (exact) mass is 344 g/mol. The Morgan fingerprint density at radius 3 is 2.69 bits per heavy atom. The predicted octanol–water partition coefficient (Wildman–Crippen LogP) is 2.42. The van der Waals surface area contributed by atoms with Crippen molar-refractivity contribution < 1.29 is 14.6 Å². The molecule has 0 atom stereocenters. The van der Waals surface area contributed by atoms with Gasteiger partial charge in [-0.25, -0.2) is 4.99 Å². The molecule has 0 bridgehead atoms. The number of carbonyl (C=O) groups is 1. The van der Waals surface area contributed by atoms with Crippen molar-refractivity contribution >= 4 is 18.1 Å². The molecule has 4 rings (SSSR count). The van der Waals surface area contributed by atoms with E-state index in [0.29, 0.717) is 22.2 Å². The van der Waals surface area contributed by atoms with Gasteiger partial charge in [0.2, 0.25) is 0 Å². The summed E-state index contributed by atoms with van der Waals surface area (Å²) in [4.78, 5) is 19.4. The number of rotatable bonds is 3. The maximum atomic E-state index is 12.3. The van der Waals surface area contributed by atoms with Gasteiger partial charge in [-0.3, -0.25) is 4.79 Å². The van der Waals surface area contributed by atoms with Crippen LogP contribution in [0.25, 0.3) is 23.4 Å². The quantitative estimate of drug-likeness (QED) is 0.717. The van der Waals surface area contributed by atoms with E-state index in [1.807, 2.05) is 36.4 Å². The van der Waals surface area contributed by atoms with Gasteiger partial charge in [0.1, 0.15) is 5.75 Å². The van der Waals surface area contributed by atoms with Gasteiger partial charge in [0.05, 0.1) is 12.5 Å². The number of nitrogens with one attached hydrogen (secondary N) is 1. The van der Waals surface area contributed by atoms with E-state index < -0.39 is 0 Å². The highest BCUT2D eigenvalue weighted by molar-refractivity contribution is 6.07. The first kappa shape index (κ1) is 15.9. The smallest absolute Gasteiger partial charge is 0.277 e. The molecule has 128 valence electrons. The lowest BCUT2D eigenvalue weighted by atomic mass is 10.1. The number of hydrogen-bond donors (Lipinski definition) is 2. The van der Waals surface area contributed by atoms with Crippen molar-refractivity contribution in [2.24, 2.45) is 4.99 Å². The minimum atomic E-state index is -0.343. The number of benzene rings is 2. The van der Waals surface area contributed by atoms with Gasteiger partial charge in [-0.2, -0.15) is 0 Å². The van der Waals surface area contributed by atoms with Crippen LogP contribution in [0.1, 0.15) is 5.56 Å². The van der Waals surface area contributed by atoms with Crippen molar-refractivity contribution in [3.63, 3.8) is 0 Å². The second-order valence-corrected chi connectivity index (χ2v) is 5.94. The number of fused-ring (bicyclic) bond motifs is 1. The van der Waals surface area contributed by atoms with Gasteiger partial charge in [-0.05, 0) is 42.0 Å². The zero-order chi connectivity index (χ0) is 18.1. The van der Waals surface area contributed by atoms with E-state index >= 15 is 0 Å². The Morgan fingerprint density at radius 2 is 1.92 bits per heavy atom. The highest BCUT2D eigenvalue weighted by Gasteiger charge is 2.14. The van der Waals surface area contributed by atoms with E-state index in [1.54, 1.807) is 37.5 Å². The van der Waals surface area contributed by atoms with Crippen LogP contribution in [0.4, 0.5) is 0 Å². The molecule has 0 saturated heterocycles. The molecule has 0 radical (unpaired) electrons. The number of methoxy groups -OCH3 is 1. The highest BCUT2D eigenvalue weighted by Crippen LogP contribution is 2.28. The van der Waals surface area contributed by atoms with E-state index in [9.17, 15) is 9.90 Å². The van der Waals surface area contributed by atoms with Crippen LogP contribution in [0, 0.1) is 0 Å². The molecule has 1 aromatic heterocycles. The number of aromatic nitrogens is 1. The van der Waals surface area contributed by atoms with E-state index in [2.05, 4.69) is 9.98 Å². The molecule has 0 saturated carbocycles. The maximum absolute atomic E-state index is 12.3.